The largest absolute Gasteiger partial charge is 0.486 e. The van der Waals surface area contributed by atoms with Crippen LogP contribution in [0.2, 0.25) is 0 Å². The first-order chi connectivity index (χ1) is 19.3. The second kappa shape index (κ2) is 9.09. The fourth-order valence-corrected chi connectivity index (χ4v) is 6.80. The molecule has 5 aliphatic rings. The van der Waals surface area contributed by atoms with Gasteiger partial charge < -0.3 is 9.64 Å². The van der Waals surface area contributed by atoms with Gasteiger partial charge in [0.2, 0.25) is 0 Å². The Labute approximate surface area is 229 Å². The fourth-order valence-electron chi connectivity index (χ4n) is 6.80. The minimum absolute atomic E-state index is 0.103. The SMILES string of the molecule is C1=CC2CC(C=C1)C1=CC3C(C=CC4C=Cc5ccccc5C4N3c3cccc(-c4ccccn4)n3)C=C1O2. The van der Waals surface area contributed by atoms with Crippen LogP contribution in [0.15, 0.2) is 133 Å². The van der Waals surface area contributed by atoms with Crippen LogP contribution in [-0.2, 0) is 4.74 Å². The second-order valence-electron chi connectivity index (χ2n) is 10.9. The van der Waals surface area contributed by atoms with Crippen molar-refractivity contribution in [3.05, 3.63) is 144 Å². The maximum absolute atomic E-state index is 6.50. The number of rotatable bonds is 2. The summed E-state index contributed by atoms with van der Waals surface area (Å²) in [6.45, 7) is 0. The lowest BCUT2D eigenvalue weighted by atomic mass is 9.80. The van der Waals surface area contributed by atoms with E-state index in [1.54, 1.807) is 0 Å². The molecule has 2 bridgehead atoms. The minimum atomic E-state index is 0.103. The lowest BCUT2D eigenvalue weighted by Crippen LogP contribution is -2.45. The van der Waals surface area contributed by atoms with Gasteiger partial charge in [-0.1, -0.05) is 85.0 Å². The van der Waals surface area contributed by atoms with Gasteiger partial charge in [-0.05, 0) is 59.5 Å². The van der Waals surface area contributed by atoms with Crippen LogP contribution in [0.3, 0.4) is 0 Å². The molecule has 0 radical (unpaired) electrons. The molecule has 1 fully saturated rings. The Balaban J connectivity index is 1.31. The zero-order chi connectivity index (χ0) is 25.8. The Morgan fingerprint density at radius 3 is 2.59 bits per heavy atom. The van der Waals surface area contributed by atoms with Crippen LogP contribution < -0.4 is 4.90 Å². The summed E-state index contributed by atoms with van der Waals surface area (Å²) in [4.78, 5) is 12.4. The normalized spacial score (nSPS) is 29.5. The molecule has 6 atom stereocenters. The van der Waals surface area contributed by atoms with Crippen molar-refractivity contribution in [2.75, 3.05) is 4.90 Å². The molecule has 3 aromatic rings. The van der Waals surface area contributed by atoms with Gasteiger partial charge in [0, 0.05) is 24.0 Å². The number of pyridine rings is 2. The maximum atomic E-state index is 6.50. The summed E-state index contributed by atoms with van der Waals surface area (Å²) in [5.74, 6) is 2.76. The van der Waals surface area contributed by atoms with Crippen LogP contribution in [-0.4, -0.2) is 22.1 Å². The summed E-state index contributed by atoms with van der Waals surface area (Å²) >= 11 is 0. The van der Waals surface area contributed by atoms with Crippen molar-refractivity contribution in [3.63, 3.8) is 0 Å². The molecule has 0 N–H and O–H groups in total. The number of anilines is 1. The summed E-state index contributed by atoms with van der Waals surface area (Å²) in [5, 5.41) is 0. The summed E-state index contributed by atoms with van der Waals surface area (Å²) in [6.07, 6.45) is 26.0. The maximum Gasteiger partial charge on any atom is 0.130 e. The standard InChI is InChI=1S/C35H29N3O/c1-3-10-27-20-25(9-1)29-22-32-26(21-33(29)39-27)18-17-24-16-15-23-8-2-4-11-28(23)35(24)38(32)34-14-7-13-31(37-34)30-12-5-6-19-36-30/h1-19,21-22,24-27,32,35H,20H2. The molecular weight excluding hydrogens is 478 g/mol. The molecule has 4 heteroatoms. The predicted molar refractivity (Wildman–Crippen MR) is 155 cm³/mol. The Kier molecular flexibility index (Phi) is 5.25. The molecule has 1 aromatic carbocycles. The van der Waals surface area contributed by atoms with Gasteiger partial charge in [-0.15, -0.1) is 0 Å². The molecule has 3 aliphatic carbocycles. The van der Waals surface area contributed by atoms with Gasteiger partial charge in [-0.25, -0.2) is 4.98 Å². The van der Waals surface area contributed by atoms with Crippen LogP contribution >= 0.6 is 0 Å². The van der Waals surface area contributed by atoms with Gasteiger partial charge >= 0.3 is 0 Å². The van der Waals surface area contributed by atoms with Crippen molar-refractivity contribution in [1.82, 2.24) is 9.97 Å². The predicted octanol–water partition coefficient (Wildman–Crippen LogP) is 7.24. The number of hydrogen-bond donors (Lipinski definition) is 0. The van der Waals surface area contributed by atoms with Crippen LogP contribution in [0.1, 0.15) is 23.6 Å². The summed E-state index contributed by atoms with van der Waals surface area (Å²) in [7, 11) is 0. The van der Waals surface area contributed by atoms with E-state index >= 15 is 0 Å². The van der Waals surface area contributed by atoms with E-state index < -0.39 is 0 Å². The van der Waals surface area contributed by atoms with E-state index in [2.05, 4.69) is 113 Å². The molecule has 2 aliphatic heterocycles. The number of ether oxygens (including phenoxy) is 1. The second-order valence-corrected chi connectivity index (χ2v) is 10.9. The number of allylic oxidation sites excluding steroid dienone is 4. The van der Waals surface area contributed by atoms with Crippen LogP contribution in [0, 0.1) is 17.8 Å². The molecule has 8 rings (SSSR count). The first-order valence-electron chi connectivity index (χ1n) is 13.9. The van der Waals surface area contributed by atoms with Crippen LogP contribution in [0.25, 0.3) is 17.5 Å². The smallest absolute Gasteiger partial charge is 0.130 e. The van der Waals surface area contributed by atoms with Gasteiger partial charge in [0.25, 0.3) is 0 Å². The average molecular weight is 508 g/mol. The number of nitrogens with zero attached hydrogens (tertiary/aromatic N) is 3. The van der Waals surface area contributed by atoms with Crippen molar-refractivity contribution in [3.8, 4) is 11.4 Å². The van der Waals surface area contributed by atoms with E-state index in [9.17, 15) is 0 Å². The third-order valence-corrected chi connectivity index (χ3v) is 8.60. The fraction of sp³-hybridized carbons (Fsp3) is 0.200. The van der Waals surface area contributed by atoms with Gasteiger partial charge in [0.05, 0.1) is 23.5 Å². The lowest BCUT2D eigenvalue weighted by Gasteiger charge is -2.45. The molecule has 1 saturated heterocycles. The van der Waals surface area contributed by atoms with Crippen molar-refractivity contribution >= 4 is 11.9 Å². The third-order valence-electron chi connectivity index (χ3n) is 8.60. The Morgan fingerprint density at radius 2 is 1.64 bits per heavy atom. The zero-order valence-corrected chi connectivity index (χ0v) is 21.5. The van der Waals surface area contributed by atoms with E-state index in [1.165, 1.54) is 16.7 Å². The highest BCUT2D eigenvalue weighted by atomic mass is 16.5. The first-order valence-corrected chi connectivity index (χ1v) is 13.9. The molecule has 39 heavy (non-hydrogen) atoms. The molecule has 190 valence electrons. The number of hydrogen-bond acceptors (Lipinski definition) is 4. The Morgan fingerprint density at radius 1 is 0.769 bits per heavy atom. The van der Waals surface area contributed by atoms with E-state index in [4.69, 9.17) is 9.72 Å². The molecule has 0 saturated carbocycles. The lowest BCUT2D eigenvalue weighted by molar-refractivity contribution is 0.116. The van der Waals surface area contributed by atoms with Crippen molar-refractivity contribution < 1.29 is 4.74 Å². The minimum Gasteiger partial charge on any atom is -0.486 e. The number of benzene rings is 1. The van der Waals surface area contributed by atoms with E-state index in [0.29, 0.717) is 5.92 Å². The number of fused-ring (bicyclic) bond motifs is 8. The Hall–Kier alpha value is -4.44. The molecule has 6 unspecified atom stereocenters. The highest BCUT2D eigenvalue weighted by molar-refractivity contribution is 5.65. The van der Waals surface area contributed by atoms with Crippen molar-refractivity contribution in [1.29, 1.82) is 0 Å². The van der Waals surface area contributed by atoms with Crippen LogP contribution in [0.5, 0.6) is 0 Å². The topological polar surface area (TPSA) is 38.2 Å². The van der Waals surface area contributed by atoms with Gasteiger partial charge in [0.15, 0.2) is 0 Å². The molecule has 0 amide bonds. The molecule has 4 nitrogen and oxygen atoms in total. The van der Waals surface area contributed by atoms with Gasteiger partial charge in [0.1, 0.15) is 17.7 Å². The zero-order valence-electron chi connectivity index (χ0n) is 21.5. The molecular formula is C35H29N3O. The monoisotopic (exact) mass is 507 g/mol. The van der Waals surface area contributed by atoms with Gasteiger partial charge in [-0.2, -0.15) is 0 Å². The van der Waals surface area contributed by atoms with Gasteiger partial charge in [-0.3, -0.25) is 4.98 Å². The van der Waals surface area contributed by atoms with Crippen molar-refractivity contribution in [2.45, 2.75) is 24.6 Å². The first kappa shape index (κ1) is 22.5. The van der Waals surface area contributed by atoms with E-state index in [0.717, 1.165) is 29.4 Å². The van der Waals surface area contributed by atoms with Crippen molar-refractivity contribution in [2.24, 2.45) is 17.8 Å². The quantitative estimate of drug-likeness (QED) is 0.343. The van der Waals surface area contributed by atoms with Crippen LogP contribution in [0.4, 0.5) is 5.82 Å². The van der Waals surface area contributed by atoms with E-state index in [-0.39, 0.29) is 30.0 Å². The third kappa shape index (κ3) is 3.82. The average Bonchev–Trinajstić information content (AvgIpc) is 3.29. The number of aromatic nitrogens is 2. The molecule has 2 aromatic heterocycles. The summed E-state index contributed by atoms with van der Waals surface area (Å²) in [5.41, 5.74) is 5.69. The molecule has 4 heterocycles. The highest BCUT2D eigenvalue weighted by Gasteiger charge is 2.42. The van der Waals surface area contributed by atoms with E-state index in [1.807, 2.05) is 24.4 Å². The summed E-state index contributed by atoms with van der Waals surface area (Å²) in [6, 6.07) is 21.3. The highest BCUT2D eigenvalue weighted by Crippen LogP contribution is 2.48. The Bertz CT molecular complexity index is 1610. The molecule has 0 spiro atoms. The summed E-state index contributed by atoms with van der Waals surface area (Å²) < 4.78 is 6.50.